The van der Waals surface area contributed by atoms with Crippen molar-refractivity contribution >= 4 is 11.8 Å². The average molecular weight is 299 g/mol. The topological polar surface area (TPSA) is 12.0 Å². The maximum atomic E-state index is 13.8. The molecule has 0 aromatic heterocycles. The second-order valence-corrected chi connectivity index (χ2v) is 6.75. The first kappa shape index (κ1) is 15.8. The molecule has 1 heterocycles. The van der Waals surface area contributed by atoms with Gasteiger partial charge in [0, 0.05) is 17.4 Å². The minimum atomic E-state index is -0.503. The first-order chi connectivity index (χ1) is 9.70. The van der Waals surface area contributed by atoms with Crippen LogP contribution in [-0.2, 0) is 6.42 Å². The van der Waals surface area contributed by atoms with Crippen molar-refractivity contribution in [2.24, 2.45) is 0 Å². The van der Waals surface area contributed by atoms with Gasteiger partial charge in [-0.2, -0.15) is 11.8 Å². The normalized spacial score (nSPS) is 20.9. The van der Waals surface area contributed by atoms with E-state index in [2.05, 4.69) is 12.2 Å². The quantitative estimate of drug-likeness (QED) is 0.846. The first-order valence-electron chi connectivity index (χ1n) is 7.49. The van der Waals surface area contributed by atoms with Gasteiger partial charge in [0.05, 0.1) is 0 Å². The highest BCUT2D eigenvalue weighted by molar-refractivity contribution is 8.00. The Labute approximate surface area is 124 Å². The van der Waals surface area contributed by atoms with Gasteiger partial charge >= 0.3 is 0 Å². The minimum Gasteiger partial charge on any atom is -0.313 e. The standard InChI is InChI=1S/C16H23F2NS/c1-2-8-19-15(16-5-3-4-9-20-16)10-12-6-7-13(17)11-14(12)18/h6-7,11,15-16,19H,2-5,8-10H2,1H3. The van der Waals surface area contributed by atoms with Crippen molar-refractivity contribution in [3.63, 3.8) is 0 Å². The molecule has 1 N–H and O–H groups in total. The molecule has 0 saturated carbocycles. The van der Waals surface area contributed by atoms with Crippen LogP contribution in [0.1, 0.15) is 38.2 Å². The molecule has 1 aromatic carbocycles. The third kappa shape index (κ3) is 4.45. The summed E-state index contributed by atoms with van der Waals surface area (Å²) in [5.74, 6) is 0.270. The van der Waals surface area contributed by atoms with Crippen LogP contribution in [0.25, 0.3) is 0 Å². The van der Waals surface area contributed by atoms with Crippen molar-refractivity contribution in [2.75, 3.05) is 12.3 Å². The Morgan fingerprint density at radius 2 is 2.20 bits per heavy atom. The van der Waals surface area contributed by atoms with E-state index in [0.717, 1.165) is 19.0 Å². The molecule has 2 atom stereocenters. The van der Waals surface area contributed by atoms with E-state index >= 15 is 0 Å². The van der Waals surface area contributed by atoms with Gasteiger partial charge in [-0.25, -0.2) is 8.78 Å². The summed E-state index contributed by atoms with van der Waals surface area (Å²) in [7, 11) is 0. The van der Waals surface area contributed by atoms with Crippen molar-refractivity contribution in [1.82, 2.24) is 5.32 Å². The zero-order valence-corrected chi connectivity index (χ0v) is 12.8. The van der Waals surface area contributed by atoms with E-state index < -0.39 is 11.6 Å². The summed E-state index contributed by atoms with van der Waals surface area (Å²) in [6.45, 7) is 3.08. The van der Waals surface area contributed by atoms with Gasteiger partial charge in [0.15, 0.2) is 0 Å². The van der Waals surface area contributed by atoms with Gasteiger partial charge in [-0.1, -0.05) is 19.4 Å². The van der Waals surface area contributed by atoms with E-state index in [9.17, 15) is 8.78 Å². The molecule has 2 rings (SSSR count). The molecular weight excluding hydrogens is 276 g/mol. The predicted octanol–water partition coefficient (Wildman–Crippen LogP) is 4.16. The van der Waals surface area contributed by atoms with Crippen molar-refractivity contribution in [3.8, 4) is 0 Å². The molecule has 20 heavy (non-hydrogen) atoms. The Morgan fingerprint density at radius 1 is 1.35 bits per heavy atom. The molecule has 1 aliphatic heterocycles. The van der Waals surface area contributed by atoms with E-state index in [1.807, 2.05) is 11.8 Å². The Bertz CT molecular complexity index is 419. The highest BCUT2D eigenvalue weighted by Gasteiger charge is 2.24. The lowest BCUT2D eigenvalue weighted by atomic mass is 9.99. The van der Waals surface area contributed by atoms with Crippen LogP contribution in [0, 0.1) is 11.6 Å². The molecule has 4 heteroatoms. The van der Waals surface area contributed by atoms with Crippen LogP contribution in [0.2, 0.25) is 0 Å². The van der Waals surface area contributed by atoms with Gasteiger partial charge in [0.2, 0.25) is 0 Å². The fourth-order valence-electron chi connectivity index (χ4n) is 2.67. The average Bonchev–Trinajstić information content (AvgIpc) is 2.46. The maximum absolute atomic E-state index is 13.8. The van der Waals surface area contributed by atoms with E-state index in [-0.39, 0.29) is 6.04 Å². The Balaban J connectivity index is 2.05. The molecule has 1 nitrogen and oxygen atoms in total. The number of rotatable bonds is 6. The maximum Gasteiger partial charge on any atom is 0.129 e. The Morgan fingerprint density at radius 3 is 2.85 bits per heavy atom. The minimum absolute atomic E-state index is 0.278. The van der Waals surface area contributed by atoms with Gasteiger partial charge in [0.25, 0.3) is 0 Å². The van der Waals surface area contributed by atoms with E-state index in [1.54, 1.807) is 6.07 Å². The van der Waals surface area contributed by atoms with Gasteiger partial charge in [-0.15, -0.1) is 0 Å². The number of halogens is 2. The molecule has 1 aliphatic rings. The molecular formula is C16H23F2NS. The lowest BCUT2D eigenvalue weighted by Gasteiger charge is -2.31. The van der Waals surface area contributed by atoms with E-state index in [1.165, 1.54) is 31.1 Å². The van der Waals surface area contributed by atoms with Crippen LogP contribution in [0.5, 0.6) is 0 Å². The van der Waals surface area contributed by atoms with Crippen LogP contribution in [-0.4, -0.2) is 23.6 Å². The SMILES string of the molecule is CCCNC(Cc1ccc(F)cc1F)C1CCCCS1. The first-order valence-corrected chi connectivity index (χ1v) is 8.54. The van der Waals surface area contributed by atoms with Gasteiger partial charge in [0.1, 0.15) is 11.6 Å². The van der Waals surface area contributed by atoms with Crippen LogP contribution < -0.4 is 5.32 Å². The number of hydrogen-bond donors (Lipinski definition) is 1. The molecule has 0 spiro atoms. The van der Waals surface area contributed by atoms with Crippen molar-refractivity contribution in [2.45, 2.75) is 50.3 Å². The molecule has 0 aliphatic carbocycles. The van der Waals surface area contributed by atoms with Gasteiger partial charge in [-0.05, 0) is 49.6 Å². The van der Waals surface area contributed by atoms with Crippen LogP contribution >= 0.6 is 11.8 Å². The predicted molar refractivity (Wildman–Crippen MR) is 82.2 cm³/mol. The highest BCUT2D eigenvalue weighted by Crippen LogP contribution is 2.29. The fourth-order valence-corrected chi connectivity index (χ4v) is 4.10. The van der Waals surface area contributed by atoms with E-state index in [4.69, 9.17) is 0 Å². The molecule has 1 saturated heterocycles. The Hall–Kier alpha value is -0.610. The molecule has 1 aromatic rings. The number of hydrogen-bond acceptors (Lipinski definition) is 2. The lowest BCUT2D eigenvalue weighted by molar-refractivity contribution is 0.453. The van der Waals surface area contributed by atoms with Crippen LogP contribution in [0.3, 0.4) is 0 Å². The number of thioether (sulfide) groups is 1. The summed E-state index contributed by atoms with van der Waals surface area (Å²) in [5.41, 5.74) is 0.617. The smallest absolute Gasteiger partial charge is 0.129 e. The number of benzene rings is 1. The van der Waals surface area contributed by atoms with E-state index in [0.29, 0.717) is 17.2 Å². The van der Waals surface area contributed by atoms with Gasteiger partial charge in [-0.3, -0.25) is 0 Å². The zero-order valence-electron chi connectivity index (χ0n) is 12.0. The second kappa shape index (κ2) is 7.99. The summed E-state index contributed by atoms with van der Waals surface area (Å²) >= 11 is 1.99. The highest BCUT2D eigenvalue weighted by atomic mass is 32.2. The summed E-state index contributed by atoms with van der Waals surface area (Å²) in [6, 6.07) is 4.20. The van der Waals surface area contributed by atoms with Gasteiger partial charge < -0.3 is 5.32 Å². The van der Waals surface area contributed by atoms with Crippen molar-refractivity contribution in [3.05, 3.63) is 35.4 Å². The monoisotopic (exact) mass is 299 g/mol. The molecule has 1 fully saturated rings. The second-order valence-electron chi connectivity index (χ2n) is 5.41. The summed E-state index contributed by atoms with van der Waals surface area (Å²) in [5, 5.41) is 4.09. The molecule has 0 radical (unpaired) electrons. The summed E-state index contributed by atoms with van der Waals surface area (Å²) < 4.78 is 26.8. The fraction of sp³-hybridized carbons (Fsp3) is 0.625. The molecule has 112 valence electrons. The molecule has 0 amide bonds. The third-order valence-electron chi connectivity index (χ3n) is 3.78. The van der Waals surface area contributed by atoms with Crippen LogP contribution in [0.15, 0.2) is 18.2 Å². The van der Waals surface area contributed by atoms with Crippen LogP contribution in [0.4, 0.5) is 8.78 Å². The lowest BCUT2D eigenvalue weighted by Crippen LogP contribution is -2.41. The molecule has 0 bridgehead atoms. The van der Waals surface area contributed by atoms with Crippen molar-refractivity contribution < 1.29 is 8.78 Å². The summed E-state index contributed by atoms with van der Waals surface area (Å²) in [6.07, 6.45) is 5.44. The zero-order chi connectivity index (χ0) is 14.4. The molecule has 2 unspecified atom stereocenters. The third-order valence-corrected chi connectivity index (χ3v) is 5.29. The Kier molecular flexibility index (Phi) is 6.30. The largest absolute Gasteiger partial charge is 0.313 e. The summed E-state index contributed by atoms with van der Waals surface area (Å²) in [4.78, 5) is 0. The van der Waals surface area contributed by atoms with Crippen molar-refractivity contribution in [1.29, 1.82) is 0 Å². The number of nitrogens with one attached hydrogen (secondary N) is 1.